The number of amides is 1. The summed E-state index contributed by atoms with van der Waals surface area (Å²) in [5, 5.41) is 5.43. The van der Waals surface area contributed by atoms with Crippen molar-refractivity contribution >= 4 is 38.3 Å². The van der Waals surface area contributed by atoms with Crippen LogP contribution in [0.3, 0.4) is 0 Å². The molecule has 22 heavy (non-hydrogen) atoms. The van der Waals surface area contributed by atoms with Gasteiger partial charge < -0.3 is 5.32 Å². The van der Waals surface area contributed by atoms with Crippen molar-refractivity contribution in [1.29, 1.82) is 0 Å². The molecule has 1 aliphatic heterocycles. The SMILES string of the molecule is O=C1CC(c2ccccc2Br)c2c(ccc3ccccc23)N1. The lowest BCUT2D eigenvalue weighted by Gasteiger charge is -2.28. The zero-order chi connectivity index (χ0) is 15.1. The zero-order valence-corrected chi connectivity index (χ0v) is 13.4. The molecule has 1 aliphatic rings. The minimum absolute atomic E-state index is 0.0727. The summed E-state index contributed by atoms with van der Waals surface area (Å²) in [6, 6.07) is 20.6. The largest absolute Gasteiger partial charge is 0.326 e. The normalized spacial score (nSPS) is 17.1. The lowest BCUT2D eigenvalue weighted by molar-refractivity contribution is -0.116. The van der Waals surface area contributed by atoms with Gasteiger partial charge >= 0.3 is 0 Å². The first kappa shape index (κ1) is 13.5. The van der Waals surface area contributed by atoms with Gasteiger partial charge in [0.1, 0.15) is 0 Å². The van der Waals surface area contributed by atoms with E-state index in [9.17, 15) is 4.79 Å². The molecule has 0 saturated carbocycles. The molecule has 4 rings (SSSR count). The number of hydrogen-bond acceptors (Lipinski definition) is 1. The number of hydrogen-bond donors (Lipinski definition) is 1. The number of rotatable bonds is 1. The van der Waals surface area contributed by atoms with Gasteiger partial charge in [0.25, 0.3) is 0 Å². The maximum Gasteiger partial charge on any atom is 0.225 e. The van der Waals surface area contributed by atoms with Gasteiger partial charge in [-0.25, -0.2) is 0 Å². The Labute approximate surface area is 137 Å². The number of nitrogens with one attached hydrogen (secondary N) is 1. The Hall–Kier alpha value is -2.13. The van der Waals surface area contributed by atoms with Gasteiger partial charge in [-0.05, 0) is 34.0 Å². The molecule has 3 aromatic carbocycles. The first-order valence-electron chi connectivity index (χ1n) is 7.30. The van der Waals surface area contributed by atoms with E-state index < -0.39 is 0 Å². The molecule has 0 saturated heterocycles. The molecule has 1 N–H and O–H groups in total. The first-order chi connectivity index (χ1) is 10.7. The summed E-state index contributed by atoms with van der Waals surface area (Å²) >= 11 is 3.64. The van der Waals surface area contributed by atoms with Crippen LogP contribution < -0.4 is 5.32 Å². The fourth-order valence-electron chi connectivity index (χ4n) is 3.29. The molecule has 1 amide bonds. The average molecular weight is 352 g/mol. The van der Waals surface area contributed by atoms with Crippen LogP contribution in [0.4, 0.5) is 5.69 Å². The van der Waals surface area contributed by atoms with Crippen molar-refractivity contribution < 1.29 is 4.79 Å². The van der Waals surface area contributed by atoms with Gasteiger partial charge in [0.2, 0.25) is 5.91 Å². The van der Waals surface area contributed by atoms with Crippen molar-refractivity contribution in [2.75, 3.05) is 5.32 Å². The Morgan fingerprint density at radius 1 is 0.955 bits per heavy atom. The van der Waals surface area contributed by atoms with Gasteiger partial charge in [-0.3, -0.25) is 4.79 Å². The third-order valence-electron chi connectivity index (χ3n) is 4.26. The fourth-order valence-corrected chi connectivity index (χ4v) is 3.85. The molecule has 0 aromatic heterocycles. The van der Waals surface area contributed by atoms with Crippen LogP contribution in [0.25, 0.3) is 10.8 Å². The van der Waals surface area contributed by atoms with Crippen molar-refractivity contribution in [1.82, 2.24) is 0 Å². The van der Waals surface area contributed by atoms with Gasteiger partial charge in [0.05, 0.1) is 0 Å². The van der Waals surface area contributed by atoms with Crippen LogP contribution in [-0.4, -0.2) is 5.91 Å². The van der Waals surface area contributed by atoms with E-state index in [2.05, 4.69) is 51.6 Å². The van der Waals surface area contributed by atoms with E-state index in [-0.39, 0.29) is 11.8 Å². The van der Waals surface area contributed by atoms with Crippen molar-refractivity contribution in [2.24, 2.45) is 0 Å². The monoisotopic (exact) mass is 351 g/mol. The number of carbonyl (C=O) groups is 1. The lowest BCUT2D eigenvalue weighted by Crippen LogP contribution is -2.24. The number of fused-ring (bicyclic) bond motifs is 3. The van der Waals surface area contributed by atoms with E-state index in [4.69, 9.17) is 0 Å². The molecule has 1 unspecified atom stereocenters. The molecule has 1 heterocycles. The minimum atomic E-state index is 0.0727. The molecular weight excluding hydrogens is 338 g/mol. The Kier molecular flexibility index (Phi) is 3.23. The van der Waals surface area contributed by atoms with Gasteiger partial charge in [-0.1, -0.05) is 64.5 Å². The van der Waals surface area contributed by atoms with E-state index in [0.717, 1.165) is 15.7 Å². The standard InChI is InChI=1S/C19H14BrNO/c20-16-8-4-3-7-14(16)15-11-18(22)21-17-10-9-12-5-1-2-6-13(12)19(15)17/h1-10,15H,11H2,(H,21,22). The zero-order valence-electron chi connectivity index (χ0n) is 11.8. The average Bonchev–Trinajstić information content (AvgIpc) is 2.54. The van der Waals surface area contributed by atoms with E-state index >= 15 is 0 Å². The highest BCUT2D eigenvalue weighted by Crippen LogP contribution is 2.43. The summed E-state index contributed by atoms with van der Waals surface area (Å²) in [7, 11) is 0. The second kappa shape index (κ2) is 5.25. The Morgan fingerprint density at radius 2 is 1.73 bits per heavy atom. The van der Waals surface area contributed by atoms with E-state index in [1.807, 2.05) is 30.3 Å². The highest BCUT2D eigenvalue weighted by Gasteiger charge is 2.29. The van der Waals surface area contributed by atoms with Crippen molar-refractivity contribution in [3.8, 4) is 0 Å². The Morgan fingerprint density at radius 3 is 2.59 bits per heavy atom. The van der Waals surface area contributed by atoms with Crippen LogP contribution in [-0.2, 0) is 4.79 Å². The summed E-state index contributed by atoms with van der Waals surface area (Å²) in [5.74, 6) is 0.147. The smallest absolute Gasteiger partial charge is 0.225 e. The van der Waals surface area contributed by atoms with Gasteiger partial charge in [-0.2, -0.15) is 0 Å². The van der Waals surface area contributed by atoms with Crippen LogP contribution in [0.1, 0.15) is 23.5 Å². The molecule has 0 radical (unpaired) electrons. The van der Waals surface area contributed by atoms with Gasteiger partial charge in [-0.15, -0.1) is 0 Å². The summed E-state index contributed by atoms with van der Waals surface area (Å²) in [4.78, 5) is 12.1. The first-order valence-corrected chi connectivity index (χ1v) is 8.09. The summed E-state index contributed by atoms with van der Waals surface area (Å²) in [6.07, 6.45) is 0.476. The molecule has 0 bridgehead atoms. The number of carbonyl (C=O) groups excluding carboxylic acids is 1. The minimum Gasteiger partial charge on any atom is -0.326 e. The molecule has 2 nitrogen and oxygen atoms in total. The van der Waals surface area contributed by atoms with E-state index in [0.29, 0.717) is 6.42 Å². The lowest BCUT2D eigenvalue weighted by atomic mass is 9.82. The Balaban J connectivity index is 2.02. The summed E-state index contributed by atoms with van der Waals surface area (Å²) in [6.45, 7) is 0. The third kappa shape index (κ3) is 2.13. The third-order valence-corrected chi connectivity index (χ3v) is 4.99. The predicted octanol–water partition coefficient (Wildman–Crippen LogP) is 5.08. The molecule has 108 valence electrons. The molecule has 3 aromatic rings. The molecular formula is C19H14BrNO. The summed E-state index contributed by atoms with van der Waals surface area (Å²) < 4.78 is 1.05. The fraction of sp³-hybridized carbons (Fsp3) is 0.105. The molecule has 0 fully saturated rings. The van der Waals surface area contributed by atoms with Crippen LogP contribution in [0.5, 0.6) is 0 Å². The molecule has 0 aliphatic carbocycles. The van der Waals surface area contributed by atoms with Crippen LogP contribution in [0, 0.1) is 0 Å². The highest BCUT2D eigenvalue weighted by molar-refractivity contribution is 9.10. The predicted molar refractivity (Wildman–Crippen MR) is 93.2 cm³/mol. The molecule has 1 atom stereocenters. The van der Waals surface area contributed by atoms with Crippen molar-refractivity contribution in [2.45, 2.75) is 12.3 Å². The highest BCUT2D eigenvalue weighted by atomic mass is 79.9. The summed E-state index contributed by atoms with van der Waals surface area (Å²) in [5.41, 5.74) is 3.30. The molecule has 0 spiro atoms. The number of benzene rings is 3. The van der Waals surface area contributed by atoms with Crippen molar-refractivity contribution in [3.05, 3.63) is 76.3 Å². The Bertz CT molecular complexity index is 887. The van der Waals surface area contributed by atoms with E-state index in [1.54, 1.807) is 0 Å². The second-order valence-electron chi connectivity index (χ2n) is 5.57. The molecule has 3 heteroatoms. The van der Waals surface area contributed by atoms with Crippen LogP contribution in [0.2, 0.25) is 0 Å². The maximum absolute atomic E-state index is 12.1. The van der Waals surface area contributed by atoms with Crippen molar-refractivity contribution in [3.63, 3.8) is 0 Å². The van der Waals surface area contributed by atoms with Gasteiger partial charge in [0, 0.05) is 22.5 Å². The maximum atomic E-state index is 12.1. The van der Waals surface area contributed by atoms with Gasteiger partial charge in [0.15, 0.2) is 0 Å². The topological polar surface area (TPSA) is 29.1 Å². The number of halogens is 1. The quantitative estimate of drug-likeness (QED) is 0.650. The number of anilines is 1. The van der Waals surface area contributed by atoms with Crippen LogP contribution >= 0.6 is 15.9 Å². The van der Waals surface area contributed by atoms with Crippen LogP contribution in [0.15, 0.2) is 65.1 Å². The second-order valence-corrected chi connectivity index (χ2v) is 6.43. The van der Waals surface area contributed by atoms with E-state index in [1.165, 1.54) is 16.3 Å².